The van der Waals surface area contributed by atoms with Crippen molar-refractivity contribution in [3.8, 4) is 0 Å². The molecule has 0 bridgehead atoms. The summed E-state index contributed by atoms with van der Waals surface area (Å²) in [5, 5.41) is 0. The van der Waals surface area contributed by atoms with Crippen LogP contribution in [0.3, 0.4) is 0 Å². The fourth-order valence-corrected chi connectivity index (χ4v) is 0.970. The summed E-state index contributed by atoms with van der Waals surface area (Å²) in [4.78, 5) is 0. The third-order valence-electron chi connectivity index (χ3n) is 1.51. The van der Waals surface area contributed by atoms with Gasteiger partial charge in [-0.15, -0.1) is 0 Å². The molecule has 0 amide bonds. The number of rotatable bonds is 2. The lowest BCUT2D eigenvalue weighted by atomic mass is 10.1. The summed E-state index contributed by atoms with van der Waals surface area (Å²) in [5.41, 5.74) is 6.83. The maximum absolute atomic E-state index is 5.61. The minimum atomic E-state index is 0.219. The van der Waals surface area contributed by atoms with E-state index in [4.69, 9.17) is 10.2 Å². The van der Waals surface area contributed by atoms with E-state index in [0.717, 1.165) is 12.2 Å². The first-order valence-electron chi connectivity index (χ1n) is 3.48. The van der Waals surface area contributed by atoms with Crippen molar-refractivity contribution in [1.29, 1.82) is 0 Å². The fraction of sp³-hybridized carbons (Fsp3) is 0.500. The zero-order valence-electron chi connectivity index (χ0n) is 6.42. The van der Waals surface area contributed by atoms with Crippen LogP contribution in [0.4, 0.5) is 0 Å². The molecule has 1 rings (SSSR count). The van der Waals surface area contributed by atoms with Gasteiger partial charge >= 0.3 is 0 Å². The zero-order valence-corrected chi connectivity index (χ0v) is 6.42. The molecule has 0 fully saturated rings. The Kier molecular flexibility index (Phi) is 2.12. The fourth-order valence-electron chi connectivity index (χ4n) is 0.970. The van der Waals surface area contributed by atoms with Gasteiger partial charge in [0.15, 0.2) is 0 Å². The summed E-state index contributed by atoms with van der Waals surface area (Å²) in [5.74, 6) is 0.984. The second-order valence-electron chi connectivity index (χ2n) is 2.68. The molecule has 1 heterocycles. The zero-order chi connectivity index (χ0) is 7.56. The van der Waals surface area contributed by atoms with E-state index in [9.17, 15) is 0 Å². The van der Waals surface area contributed by atoms with E-state index in [2.05, 4.69) is 0 Å². The lowest BCUT2D eigenvalue weighted by Crippen LogP contribution is -2.17. The molecule has 0 aliphatic carbocycles. The van der Waals surface area contributed by atoms with Crippen LogP contribution in [0.25, 0.3) is 0 Å². The van der Waals surface area contributed by atoms with Crippen LogP contribution in [0.5, 0.6) is 0 Å². The summed E-state index contributed by atoms with van der Waals surface area (Å²) in [6, 6.07) is 2.19. The van der Waals surface area contributed by atoms with E-state index in [1.54, 1.807) is 6.26 Å². The Labute approximate surface area is 61.0 Å². The highest BCUT2D eigenvalue weighted by Crippen LogP contribution is 2.09. The quantitative estimate of drug-likeness (QED) is 0.674. The maximum Gasteiger partial charge on any atom is 0.103 e. The Morgan fingerprint density at radius 1 is 1.70 bits per heavy atom. The minimum Gasteiger partial charge on any atom is -0.469 e. The minimum absolute atomic E-state index is 0.219. The highest BCUT2D eigenvalue weighted by molar-refractivity contribution is 5.16. The van der Waals surface area contributed by atoms with Crippen molar-refractivity contribution in [3.05, 3.63) is 23.7 Å². The highest BCUT2D eigenvalue weighted by atomic mass is 16.3. The molecule has 0 aliphatic rings. The van der Waals surface area contributed by atoms with E-state index in [-0.39, 0.29) is 6.04 Å². The summed E-state index contributed by atoms with van der Waals surface area (Å²) < 4.78 is 5.11. The number of hydrogen-bond donors (Lipinski definition) is 1. The van der Waals surface area contributed by atoms with E-state index in [1.165, 1.54) is 5.56 Å². The lowest BCUT2D eigenvalue weighted by Gasteiger charge is -2.01. The number of aryl methyl sites for hydroxylation is 1. The Balaban J connectivity index is 2.65. The highest BCUT2D eigenvalue weighted by Gasteiger charge is 2.02. The molecule has 0 spiro atoms. The molecule has 0 aromatic carbocycles. The predicted molar refractivity (Wildman–Crippen MR) is 40.8 cm³/mol. The predicted octanol–water partition coefficient (Wildman–Crippen LogP) is 1.48. The average molecular weight is 139 g/mol. The lowest BCUT2D eigenvalue weighted by molar-refractivity contribution is 0.527. The molecule has 0 saturated carbocycles. The SMILES string of the molecule is Cc1occc1CC(C)N. The topological polar surface area (TPSA) is 39.2 Å². The van der Waals surface area contributed by atoms with Crippen LogP contribution < -0.4 is 5.73 Å². The molecule has 10 heavy (non-hydrogen) atoms. The molecule has 2 nitrogen and oxygen atoms in total. The first-order chi connectivity index (χ1) is 4.70. The van der Waals surface area contributed by atoms with Crippen LogP contribution in [0, 0.1) is 6.92 Å². The van der Waals surface area contributed by atoms with Gasteiger partial charge in [0.25, 0.3) is 0 Å². The van der Waals surface area contributed by atoms with Gasteiger partial charge < -0.3 is 10.2 Å². The second kappa shape index (κ2) is 2.88. The van der Waals surface area contributed by atoms with Crippen LogP contribution in [-0.4, -0.2) is 6.04 Å². The van der Waals surface area contributed by atoms with Gasteiger partial charge in [0.1, 0.15) is 5.76 Å². The van der Waals surface area contributed by atoms with Crippen molar-refractivity contribution in [2.75, 3.05) is 0 Å². The van der Waals surface area contributed by atoms with E-state index in [1.807, 2.05) is 19.9 Å². The molecule has 1 aromatic heterocycles. The van der Waals surface area contributed by atoms with Crippen molar-refractivity contribution in [1.82, 2.24) is 0 Å². The van der Waals surface area contributed by atoms with Crippen molar-refractivity contribution in [3.63, 3.8) is 0 Å². The van der Waals surface area contributed by atoms with Gasteiger partial charge in [-0.05, 0) is 31.9 Å². The van der Waals surface area contributed by atoms with Crippen molar-refractivity contribution < 1.29 is 4.42 Å². The standard InChI is InChI=1S/C8H13NO/c1-6(9)5-8-3-4-10-7(8)2/h3-4,6H,5,9H2,1-2H3. The first kappa shape index (κ1) is 7.35. The Hall–Kier alpha value is -0.760. The Morgan fingerprint density at radius 3 is 2.80 bits per heavy atom. The molecule has 0 aliphatic heterocycles. The average Bonchev–Trinajstić information content (AvgIpc) is 2.15. The largest absolute Gasteiger partial charge is 0.469 e. The molecule has 0 radical (unpaired) electrons. The van der Waals surface area contributed by atoms with Gasteiger partial charge in [0.05, 0.1) is 6.26 Å². The summed E-state index contributed by atoms with van der Waals surface area (Å²) in [6.45, 7) is 3.95. The molecular weight excluding hydrogens is 126 g/mol. The number of nitrogens with two attached hydrogens (primary N) is 1. The number of hydrogen-bond acceptors (Lipinski definition) is 2. The molecule has 1 atom stereocenters. The number of furan rings is 1. The summed E-state index contributed by atoms with van der Waals surface area (Å²) in [7, 11) is 0. The van der Waals surface area contributed by atoms with Crippen LogP contribution in [0.2, 0.25) is 0 Å². The molecule has 2 N–H and O–H groups in total. The van der Waals surface area contributed by atoms with Crippen molar-refractivity contribution >= 4 is 0 Å². The van der Waals surface area contributed by atoms with Gasteiger partial charge in [-0.3, -0.25) is 0 Å². The molecule has 2 heteroatoms. The van der Waals surface area contributed by atoms with Gasteiger partial charge in [0.2, 0.25) is 0 Å². The third-order valence-corrected chi connectivity index (χ3v) is 1.51. The van der Waals surface area contributed by atoms with E-state index >= 15 is 0 Å². The van der Waals surface area contributed by atoms with Crippen LogP contribution >= 0.6 is 0 Å². The van der Waals surface area contributed by atoms with Crippen molar-refractivity contribution in [2.45, 2.75) is 26.3 Å². The van der Waals surface area contributed by atoms with E-state index in [0.29, 0.717) is 0 Å². The van der Waals surface area contributed by atoms with Crippen LogP contribution in [0.1, 0.15) is 18.2 Å². The Morgan fingerprint density at radius 2 is 2.40 bits per heavy atom. The normalized spacial score (nSPS) is 13.5. The van der Waals surface area contributed by atoms with Gasteiger partial charge in [-0.1, -0.05) is 0 Å². The summed E-state index contributed by atoms with van der Waals surface area (Å²) in [6.07, 6.45) is 2.61. The van der Waals surface area contributed by atoms with Crippen molar-refractivity contribution in [2.24, 2.45) is 5.73 Å². The smallest absolute Gasteiger partial charge is 0.103 e. The molecule has 56 valence electrons. The molecular formula is C8H13NO. The van der Waals surface area contributed by atoms with Gasteiger partial charge in [0, 0.05) is 6.04 Å². The van der Waals surface area contributed by atoms with Crippen LogP contribution in [-0.2, 0) is 6.42 Å². The Bertz CT molecular complexity index is 203. The van der Waals surface area contributed by atoms with E-state index < -0.39 is 0 Å². The first-order valence-corrected chi connectivity index (χ1v) is 3.48. The molecule has 1 aromatic rings. The second-order valence-corrected chi connectivity index (χ2v) is 2.68. The van der Waals surface area contributed by atoms with Gasteiger partial charge in [-0.25, -0.2) is 0 Å². The maximum atomic E-state index is 5.61. The molecule has 0 saturated heterocycles. The summed E-state index contributed by atoms with van der Waals surface area (Å²) >= 11 is 0. The molecule has 1 unspecified atom stereocenters. The monoisotopic (exact) mass is 139 g/mol. The third kappa shape index (κ3) is 1.61. The van der Waals surface area contributed by atoms with Crippen LogP contribution in [0.15, 0.2) is 16.7 Å². The van der Waals surface area contributed by atoms with Gasteiger partial charge in [-0.2, -0.15) is 0 Å².